The van der Waals surface area contributed by atoms with E-state index in [-0.39, 0.29) is 5.76 Å². The molecule has 0 aliphatic heterocycles. The molecule has 0 aliphatic carbocycles. The Morgan fingerprint density at radius 2 is 2.05 bits per heavy atom. The van der Waals surface area contributed by atoms with Gasteiger partial charge in [0, 0.05) is 11.1 Å². The molecule has 19 heavy (non-hydrogen) atoms. The highest BCUT2D eigenvalue weighted by Gasteiger charge is 2.21. The fourth-order valence-corrected chi connectivity index (χ4v) is 1.79. The third kappa shape index (κ3) is 2.24. The van der Waals surface area contributed by atoms with Gasteiger partial charge in [0.15, 0.2) is 0 Å². The van der Waals surface area contributed by atoms with Gasteiger partial charge in [0.1, 0.15) is 17.2 Å². The van der Waals surface area contributed by atoms with E-state index in [1.165, 1.54) is 7.11 Å². The van der Waals surface area contributed by atoms with Crippen LogP contribution in [-0.2, 0) is 0 Å². The Balaban J connectivity index is 2.60. The van der Waals surface area contributed by atoms with Crippen LogP contribution >= 0.6 is 0 Å². The van der Waals surface area contributed by atoms with Gasteiger partial charge >= 0.3 is 5.97 Å². The average molecular weight is 263 g/mol. The lowest BCUT2D eigenvalue weighted by Crippen LogP contribution is -1.96. The van der Waals surface area contributed by atoms with Gasteiger partial charge in [-0.3, -0.25) is 0 Å². The van der Waals surface area contributed by atoms with Crippen molar-refractivity contribution < 1.29 is 23.9 Å². The van der Waals surface area contributed by atoms with E-state index in [0.717, 1.165) is 0 Å². The Kier molecular flexibility index (Phi) is 3.41. The van der Waals surface area contributed by atoms with Crippen molar-refractivity contribution in [1.82, 2.24) is 5.16 Å². The predicted octanol–water partition coefficient (Wildman–Crippen LogP) is 2.37. The normalized spacial score (nSPS) is 10.3. The summed E-state index contributed by atoms with van der Waals surface area (Å²) in [5, 5.41) is 12.8. The summed E-state index contributed by atoms with van der Waals surface area (Å²) >= 11 is 0. The maximum Gasteiger partial charge on any atom is 0.375 e. The van der Waals surface area contributed by atoms with Crippen molar-refractivity contribution in [3.63, 3.8) is 0 Å². The van der Waals surface area contributed by atoms with E-state index in [2.05, 4.69) is 5.16 Å². The highest BCUT2D eigenvalue weighted by atomic mass is 16.5. The van der Waals surface area contributed by atoms with Crippen LogP contribution in [-0.4, -0.2) is 30.5 Å². The Morgan fingerprint density at radius 1 is 1.32 bits per heavy atom. The summed E-state index contributed by atoms with van der Waals surface area (Å²) in [6.07, 6.45) is 0. The summed E-state index contributed by atoms with van der Waals surface area (Å²) in [7, 11) is 3.07. The van der Waals surface area contributed by atoms with Crippen LogP contribution in [0.1, 0.15) is 16.1 Å². The first-order valence-electron chi connectivity index (χ1n) is 5.50. The number of rotatable bonds is 4. The molecule has 0 fully saturated rings. The summed E-state index contributed by atoms with van der Waals surface area (Å²) < 4.78 is 15.2. The van der Waals surface area contributed by atoms with Gasteiger partial charge in [-0.1, -0.05) is 5.16 Å². The Labute approximate surface area is 109 Å². The van der Waals surface area contributed by atoms with E-state index in [4.69, 9.17) is 19.1 Å². The SMILES string of the molecule is COc1ccc(OC)c(-c2noc(C(=O)O)c2C)c1. The molecule has 6 nitrogen and oxygen atoms in total. The van der Waals surface area contributed by atoms with Crippen molar-refractivity contribution in [2.45, 2.75) is 6.92 Å². The van der Waals surface area contributed by atoms with Crippen LogP contribution in [0.2, 0.25) is 0 Å². The maximum absolute atomic E-state index is 11.0. The molecule has 2 rings (SSSR count). The second-order valence-electron chi connectivity index (χ2n) is 3.86. The quantitative estimate of drug-likeness (QED) is 0.911. The minimum absolute atomic E-state index is 0.181. The number of aromatic nitrogens is 1. The molecule has 0 saturated carbocycles. The fraction of sp³-hybridized carbons (Fsp3) is 0.231. The Morgan fingerprint density at radius 3 is 2.58 bits per heavy atom. The minimum Gasteiger partial charge on any atom is -0.497 e. The van der Waals surface area contributed by atoms with Crippen molar-refractivity contribution >= 4 is 5.97 Å². The lowest BCUT2D eigenvalue weighted by Gasteiger charge is -2.08. The molecular weight excluding hydrogens is 250 g/mol. The van der Waals surface area contributed by atoms with Crippen molar-refractivity contribution in [2.75, 3.05) is 14.2 Å². The zero-order valence-corrected chi connectivity index (χ0v) is 10.8. The number of hydrogen-bond acceptors (Lipinski definition) is 5. The molecule has 0 radical (unpaired) electrons. The summed E-state index contributed by atoms with van der Waals surface area (Å²) in [4.78, 5) is 11.0. The van der Waals surface area contributed by atoms with Crippen LogP contribution in [0.15, 0.2) is 22.7 Å². The van der Waals surface area contributed by atoms with Crippen molar-refractivity contribution in [1.29, 1.82) is 0 Å². The molecule has 0 aliphatic rings. The Bertz CT molecular complexity index is 617. The van der Waals surface area contributed by atoms with E-state index >= 15 is 0 Å². The highest BCUT2D eigenvalue weighted by Crippen LogP contribution is 2.35. The van der Waals surface area contributed by atoms with Crippen LogP contribution in [0.4, 0.5) is 0 Å². The lowest BCUT2D eigenvalue weighted by atomic mass is 10.1. The molecule has 100 valence electrons. The summed E-state index contributed by atoms with van der Waals surface area (Å²) in [6, 6.07) is 5.19. The second kappa shape index (κ2) is 5.01. The van der Waals surface area contributed by atoms with Crippen LogP contribution in [0, 0.1) is 6.92 Å². The maximum atomic E-state index is 11.0. The van der Waals surface area contributed by atoms with Crippen molar-refractivity contribution in [3.8, 4) is 22.8 Å². The molecule has 6 heteroatoms. The van der Waals surface area contributed by atoms with Crippen LogP contribution in [0.5, 0.6) is 11.5 Å². The number of ether oxygens (including phenoxy) is 2. The van der Waals surface area contributed by atoms with E-state index in [1.807, 2.05) is 0 Å². The molecule has 0 spiro atoms. The summed E-state index contributed by atoms with van der Waals surface area (Å²) in [6.45, 7) is 1.63. The number of nitrogens with zero attached hydrogens (tertiary/aromatic N) is 1. The molecule has 0 bridgehead atoms. The first-order valence-corrected chi connectivity index (χ1v) is 5.50. The van der Waals surface area contributed by atoms with Gasteiger partial charge in [-0.15, -0.1) is 0 Å². The topological polar surface area (TPSA) is 81.8 Å². The van der Waals surface area contributed by atoms with Gasteiger partial charge in [-0.05, 0) is 25.1 Å². The molecule has 0 unspecified atom stereocenters. The number of carboxylic acids is 1. The minimum atomic E-state index is -1.15. The largest absolute Gasteiger partial charge is 0.497 e. The third-order valence-corrected chi connectivity index (χ3v) is 2.78. The molecule has 1 N–H and O–H groups in total. The van der Waals surface area contributed by atoms with E-state index in [1.54, 1.807) is 32.2 Å². The van der Waals surface area contributed by atoms with Gasteiger partial charge < -0.3 is 19.1 Å². The van der Waals surface area contributed by atoms with Gasteiger partial charge in [0.25, 0.3) is 0 Å². The second-order valence-corrected chi connectivity index (χ2v) is 3.86. The first-order chi connectivity index (χ1) is 9.08. The average Bonchev–Trinajstić information content (AvgIpc) is 2.79. The standard InChI is InChI=1S/C13H13NO5/c1-7-11(14-19-12(7)13(15)16)9-6-8(17-2)4-5-10(9)18-3/h4-6H,1-3H3,(H,15,16). The van der Waals surface area contributed by atoms with Crippen LogP contribution < -0.4 is 9.47 Å². The zero-order chi connectivity index (χ0) is 14.0. The molecule has 1 aromatic carbocycles. The van der Waals surface area contributed by atoms with E-state index in [9.17, 15) is 4.79 Å². The molecule has 1 aromatic heterocycles. The van der Waals surface area contributed by atoms with E-state index < -0.39 is 5.97 Å². The van der Waals surface area contributed by atoms with Gasteiger partial charge in [-0.25, -0.2) is 4.79 Å². The van der Waals surface area contributed by atoms with Crippen LogP contribution in [0.3, 0.4) is 0 Å². The van der Waals surface area contributed by atoms with Gasteiger partial charge in [0.05, 0.1) is 14.2 Å². The Hall–Kier alpha value is -2.50. The lowest BCUT2D eigenvalue weighted by molar-refractivity contribution is 0.0651. The van der Waals surface area contributed by atoms with Gasteiger partial charge in [-0.2, -0.15) is 0 Å². The monoisotopic (exact) mass is 263 g/mol. The molecular formula is C13H13NO5. The third-order valence-electron chi connectivity index (χ3n) is 2.78. The number of carbonyl (C=O) groups is 1. The molecule has 0 amide bonds. The van der Waals surface area contributed by atoms with Crippen molar-refractivity contribution in [3.05, 3.63) is 29.5 Å². The summed E-state index contributed by atoms with van der Waals surface area (Å²) in [5.41, 5.74) is 1.49. The molecule has 2 aromatic rings. The number of benzene rings is 1. The van der Waals surface area contributed by atoms with E-state index in [0.29, 0.717) is 28.3 Å². The first kappa shape index (κ1) is 12.9. The number of aromatic carboxylic acids is 1. The number of hydrogen-bond donors (Lipinski definition) is 1. The van der Waals surface area contributed by atoms with Crippen molar-refractivity contribution in [2.24, 2.45) is 0 Å². The predicted molar refractivity (Wildman–Crippen MR) is 66.7 cm³/mol. The smallest absolute Gasteiger partial charge is 0.375 e. The number of carboxylic acid groups (broad SMARTS) is 1. The van der Waals surface area contributed by atoms with Gasteiger partial charge in [0.2, 0.25) is 5.76 Å². The fourth-order valence-electron chi connectivity index (χ4n) is 1.79. The van der Waals surface area contributed by atoms with Crippen LogP contribution in [0.25, 0.3) is 11.3 Å². The number of methoxy groups -OCH3 is 2. The molecule has 1 heterocycles. The summed E-state index contributed by atoms with van der Waals surface area (Å²) in [5.74, 6) is -0.151. The zero-order valence-electron chi connectivity index (χ0n) is 10.8. The molecule has 0 atom stereocenters. The highest BCUT2D eigenvalue weighted by molar-refractivity contribution is 5.88. The molecule has 0 saturated heterocycles.